The number of nitrogens with one attached hydrogen (secondary N) is 2. The summed E-state index contributed by atoms with van der Waals surface area (Å²) < 4.78 is 0. The summed E-state index contributed by atoms with van der Waals surface area (Å²) in [6, 6.07) is 0. The van der Waals surface area contributed by atoms with Gasteiger partial charge >= 0.3 is 0 Å². The Morgan fingerprint density at radius 1 is 1.11 bits per heavy atom. The van der Waals surface area contributed by atoms with Crippen molar-refractivity contribution in [2.45, 2.75) is 45.4 Å². The van der Waals surface area contributed by atoms with Gasteiger partial charge in [0.15, 0.2) is 0 Å². The minimum Gasteiger partial charge on any atom is -0.396 e. The Labute approximate surface area is 115 Å². The van der Waals surface area contributed by atoms with E-state index in [-0.39, 0.29) is 0 Å². The predicted octanol–water partition coefficient (Wildman–Crippen LogP) is 2.44. The average Bonchev–Trinajstić information content (AvgIpc) is 2.44. The van der Waals surface area contributed by atoms with E-state index >= 15 is 0 Å². The number of nitrogens with zero attached hydrogens (tertiary/aromatic N) is 2. The fourth-order valence-corrected chi connectivity index (χ4v) is 2.06. The monoisotopic (exact) mass is 266 g/mol. The van der Waals surface area contributed by atoms with Crippen LogP contribution in [0.15, 0.2) is 6.33 Å². The molecule has 0 aromatic carbocycles. The molecule has 0 saturated heterocycles. The van der Waals surface area contributed by atoms with Crippen molar-refractivity contribution in [3.05, 3.63) is 11.9 Å². The van der Waals surface area contributed by atoms with E-state index in [0.717, 1.165) is 56.7 Å². The topological polar surface area (TPSA) is 70.1 Å². The number of hydrogen-bond donors (Lipinski definition) is 3. The van der Waals surface area contributed by atoms with Gasteiger partial charge in [0.25, 0.3) is 0 Å². The number of anilines is 2. The van der Waals surface area contributed by atoms with Gasteiger partial charge in [-0.3, -0.25) is 0 Å². The lowest BCUT2D eigenvalue weighted by Crippen LogP contribution is -2.09. The molecule has 0 aliphatic heterocycles. The normalized spacial score (nSPS) is 10.5. The zero-order valence-electron chi connectivity index (χ0n) is 12.1. The standard InChI is InChI=1S/C14H26N4O/c1-3-8-12-13(15-2)17-11-18-14(12)16-9-6-4-5-7-10-19/h11,19H,3-10H2,1-2H3,(H2,15,16,17,18). The molecule has 0 atom stereocenters. The van der Waals surface area contributed by atoms with Crippen molar-refractivity contribution in [1.82, 2.24) is 9.97 Å². The Morgan fingerprint density at radius 2 is 1.84 bits per heavy atom. The van der Waals surface area contributed by atoms with Gasteiger partial charge in [-0.15, -0.1) is 0 Å². The third kappa shape index (κ3) is 5.42. The molecule has 0 bridgehead atoms. The summed E-state index contributed by atoms with van der Waals surface area (Å²) in [5.74, 6) is 1.86. The molecule has 0 radical (unpaired) electrons. The van der Waals surface area contributed by atoms with Gasteiger partial charge in [0, 0.05) is 25.8 Å². The molecule has 1 aromatic rings. The number of aromatic nitrogens is 2. The summed E-state index contributed by atoms with van der Waals surface area (Å²) in [6.45, 7) is 3.37. The van der Waals surface area contributed by atoms with Gasteiger partial charge in [0.05, 0.1) is 0 Å². The van der Waals surface area contributed by atoms with E-state index in [1.807, 2.05) is 7.05 Å². The van der Waals surface area contributed by atoms with Gasteiger partial charge in [0.1, 0.15) is 18.0 Å². The summed E-state index contributed by atoms with van der Waals surface area (Å²) in [6.07, 6.45) is 7.88. The van der Waals surface area contributed by atoms with E-state index in [9.17, 15) is 0 Å². The van der Waals surface area contributed by atoms with Crippen molar-refractivity contribution >= 4 is 11.6 Å². The molecule has 0 aliphatic carbocycles. The minimum atomic E-state index is 0.297. The molecule has 0 unspecified atom stereocenters. The molecule has 5 heteroatoms. The summed E-state index contributed by atoms with van der Waals surface area (Å²) in [5.41, 5.74) is 1.17. The molecule has 19 heavy (non-hydrogen) atoms. The lowest BCUT2D eigenvalue weighted by molar-refractivity contribution is 0.283. The molecule has 3 N–H and O–H groups in total. The summed E-state index contributed by atoms with van der Waals surface area (Å²) >= 11 is 0. The number of hydrogen-bond acceptors (Lipinski definition) is 5. The van der Waals surface area contributed by atoms with Crippen LogP contribution in [0, 0.1) is 0 Å². The Morgan fingerprint density at radius 3 is 2.53 bits per heavy atom. The molecule has 0 saturated carbocycles. The third-order valence-electron chi connectivity index (χ3n) is 3.06. The number of unbranched alkanes of at least 4 members (excludes halogenated alkanes) is 3. The van der Waals surface area contributed by atoms with Crippen LogP contribution in [-0.2, 0) is 6.42 Å². The van der Waals surface area contributed by atoms with Crippen LogP contribution < -0.4 is 10.6 Å². The molecule has 0 aliphatic rings. The first-order valence-electron chi connectivity index (χ1n) is 7.19. The lowest BCUT2D eigenvalue weighted by Gasteiger charge is -2.13. The highest BCUT2D eigenvalue weighted by Gasteiger charge is 2.08. The first kappa shape index (κ1) is 15.7. The van der Waals surface area contributed by atoms with Crippen LogP contribution in [0.3, 0.4) is 0 Å². The summed E-state index contributed by atoms with van der Waals surface area (Å²) in [4.78, 5) is 8.59. The zero-order valence-corrected chi connectivity index (χ0v) is 12.1. The van der Waals surface area contributed by atoms with Crippen molar-refractivity contribution in [3.63, 3.8) is 0 Å². The van der Waals surface area contributed by atoms with Gasteiger partial charge < -0.3 is 15.7 Å². The maximum Gasteiger partial charge on any atom is 0.134 e. The molecule has 1 rings (SSSR count). The van der Waals surface area contributed by atoms with Crippen molar-refractivity contribution in [3.8, 4) is 0 Å². The molecule has 0 spiro atoms. The summed E-state index contributed by atoms with van der Waals surface area (Å²) in [7, 11) is 1.89. The Hall–Kier alpha value is -1.36. The van der Waals surface area contributed by atoms with E-state index in [1.54, 1.807) is 6.33 Å². The van der Waals surface area contributed by atoms with Crippen molar-refractivity contribution in [2.75, 3.05) is 30.8 Å². The van der Waals surface area contributed by atoms with E-state index in [0.29, 0.717) is 6.61 Å². The van der Waals surface area contributed by atoms with Crippen LogP contribution in [0.2, 0.25) is 0 Å². The minimum absolute atomic E-state index is 0.297. The van der Waals surface area contributed by atoms with Crippen LogP contribution in [0.1, 0.15) is 44.6 Å². The fraction of sp³-hybridized carbons (Fsp3) is 0.714. The molecule has 0 amide bonds. The van der Waals surface area contributed by atoms with Crippen LogP contribution in [-0.4, -0.2) is 35.3 Å². The van der Waals surface area contributed by atoms with Gasteiger partial charge in [-0.25, -0.2) is 9.97 Å². The first-order valence-corrected chi connectivity index (χ1v) is 7.19. The Bertz CT molecular complexity index is 357. The number of rotatable bonds is 10. The SMILES string of the molecule is CCCc1c(NC)ncnc1NCCCCCCO. The van der Waals surface area contributed by atoms with Gasteiger partial charge in [-0.1, -0.05) is 26.2 Å². The number of aliphatic hydroxyl groups is 1. The number of aliphatic hydroxyl groups excluding tert-OH is 1. The predicted molar refractivity (Wildman–Crippen MR) is 79.6 cm³/mol. The van der Waals surface area contributed by atoms with Crippen LogP contribution >= 0.6 is 0 Å². The van der Waals surface area contributed by atoms with E-state index in [4.69, 9.17) is 5.11 Å². The average molecular weight is 266 g/mol. The van der Waals surface area contributed by atoms with E-state index in [2.05, 4.69) is 27.5 Å². The smallest absolute Gasteiger partial charge is 0.134 e. The molecular weight excluding hydrogens is 240 g/mol. The molecule has 1 aromatic heterocycles. The molecule has 108 valence electrons. The maximum atomic E-state index is 8.71. The van der Waals surface area contributed by atoms with E-state index in [1.165, 1.54) is 5.56 Å². The zero-order chi connectivity index (χ0) is 13.9. The second-order valence-electron chi connectivity index (χ2n) is 4.61. The highest BCUT2D eigenvalue weighted by Crippen LogP contribution is 2.21. The highest BCUT2D eigenvalue weighted by molar-refractivity contribution is 5.57. The van der Waals surface area contributed by atoms with Crippen molar-refractivity contribution in [2.24, 2.45) is 0 Å². The van der Waals surface area contributed by atoms with Gasteiger partial charge in [-0.2, -0.15) is 0 Å². The molecular formula is C14H26N4O. The summed E-state index contributed by atoms with van der Waals surface area (Å²) in [5, 5.41) is 15.2. The second kappa shape index (κ2) is 9.55. The quantitative estimate of drug-likeness (QED) is 0.567. The van der Waals surface area contributed by atoms with Crippen molar-refractivity contribution in [1.29, 1.82) is 0 Å². The fourth-order valence-electron chi connectivity index (χ4n) is 2.06. The largest absolute Gasteiger partial charge is 0.396 e. The van der Waals surface area contributed by atoms with Crippen LogP contribution in [0.5, 0.6) is 0 Å². The Kier molecular flexibility index (Phi) is 7.89. The van der Waals surface area contributed by atoms with E-state index < -0.39 is 0 Å². The highest BCUT2D eigenvalue weighted by atomic mass is 16.2. The van der Waals surface area contributed by atoms with Gasteiger partial charge in [0.2, 0.25) is 0 Å². The maximum absolute atomic E-state index is 8.71. The third-order valence-corrected chi connectivity index (χ3v) is 3.06. The molecule has 5 nitrogen and oxygen atoms in total. The van der Waals surface area contributed by atoms with Gasteiger partial charge in [-0.05, 0) is 19.3 Å². The second-order valence-corrected chi connectivity index (χ2v) is 4.61. The van der Waals surface area contributed by atoms with Crippen molar-refractivity contribution < 1.29 is 5.11 Å². The lowest BCUT2D eigenvalue weighted by atomic mass is 10.1. The van der Waals surface area contributed by atoms with Crippen LogP contribution in [0.25, 0.3) is 0 Å². The molecule has 1 heterocycles. The Balaban J connectivity index is 2.47. The van der Waals surface area contributed by atoms with Crippen LogP contribution in [0.4, 0.5) is 11.6 Å². The first-order chi connectivity index (χ1) is 9.33. The molecule has 0 fully saturated rings.